The van der Waals surface area contributed by atoms with Crippen molar-refractivity contribution in [2.45, 2.75) is 37.5 Å². The smallest absolute Gasteiger partial charge is 0.186 e. The van der Waals surface area contributed by atoms with Crippen LogP contribution in [0.15, 0.2) is 60.7 Å². The van der Waals surface area contributed by atoms with Crippen LogP contribution in [0.5, 0.6) is 0 Å². The van der Waals surface area contributed by atoms with Crippen LogP contribution in [0.1, 0.15) is 48.6 Å². The van der Waals surface area contributed by atoms with Crippen LogP contribution in [-0.4, -0.2) is 49.9 Å². The zero-order valence-electron chi connectivity index (χ0n) is 18.9. The molecule has 0 aromatic heterocycles. The molecule has 0 amide bonds. The average molecular weight is 491 g/mol. The van der Waals surface area contributed by atoms with Crippen molar-refractivity contribution in [2.75, 3.05) is 39.6 Å². The monoisotopic (exact) mass is 490 g/mol. The van der Waals surface area contributed by atoms with Gasteiger partial charge in [-0.3, -0.25) is 9.59 Å². The highest BCUT2D eigenvalue weighted by Gasteiger charge is 2.15. The van der Waals surface area contributed by atoms with Gasteiger partial charge in [0.1, 0.15) is 0 Å². The normalized spacial score (nSPS) is 12.9. The van der Waals surface area contributed by atoms with Gasteiger partial charge in [-0.05, 0) is 35.8 Å². The Morgan fingerprint density at radius 1 is 0.576 bits per heavy atom. The molecule has 180 valence electrons. The lowest BCUT2D eigenvalue weighted by molar-refractivity contribution is -0.112. The molecular weight excluding hydrogens is 456 g/mol. The summed E-state index contributed by atoms with van der Waals surface area (Å²) in [7, 11) is 0. The van der Waals surface area contributed by atoms with Crippen LogP contribution in [0, 0.1) is 0 Å². The Morgan fingerprint density at radius 2 is 0.909 bits per heavy atom. The van der Waals surface area contributed by atoms with E-state index in [9.17, 15) is 9.59 Å². The van der Waals surface area contributed by atoms with Gasteiger partial charge in [-0.2, -0.15) is 0 Å². The van der Waals surface area contributed by atoms with Crippen molar-refractivity contribution in [3.05, 3.63) is 71.8 Å². The standard InChI is InChI=1S/C26H34O5S2/c27-25(32)19-23(21-7-3-1-4-8-21)11-13-29-15-17-31-18-16-30-14-12-24(20-26(28)33)22-9-5-2-6-10-22/h1-10,23-24H,11-20H2,(H,27,32)(H,28,33). The van der Waals surface area contributed by atoms with E-state index in [1.165, 1.54) is 0 Å². The molecule has 2 aromatic rings. The molecule has 2 unspecified atom stereocenters. The van der Waals surface area contributed by atoms with Crippen molar-refractivity contribution in [3.8, 4) is 0 Å². The quantitative estimate of drug-likeness (QED) is 0.225. The van der Waals surface area contributed by atoms with E-state index in [2.05, 4.69) is 25.3 Å². The molecule has 2 atom stereocenters. The van der Waals surface area contributed by atoms with Crippen molar-refractivity contribution in [2.24, 2.45) is 0 Å². The summed E-state index contributed by atoms with van der Waals surface area (Å²) >= 11 is 7.86. The minimum absolute atomic E-state index is 0.112. The third-order valence-electron chi connectivity index (χ3n) is 5.35. The Balaban J connectivity index is 1.52. The third kappa shape index (κ3) is 12.4. The van der Waals surface area contributed by atoms with Crippen molar-refractivity contribution in [1.82, 2.24) is 0 Å². The van der Waals surface area contributed by atoms with E-state index >= 15 is 0 Å². The van der Waals surface area contributed by atoms with Crippen molar-refractivity contribution in [1.29, 1.82) is 0 Å². The molecule has 0 N–H and O–H groups in total. The van der Waals surface area contributed by atoms with Crippen LogP contribution in [0.2, 0.25) is 0 Å². The number of thiol groups is 2. The fourth-order valence-corrected chi connectivity index (χ4v) is 4.08. The Labute approximate surface area is 208 Å². The molecule has 5 nitrogen and oxygen atoms in total. The summed E-state index contributed by atoms with van der Waals surface area (Å²) in [4.78, 5) is 22.9. The lowest BCUT2D eigenvalue weighted by Crippen LogP contribution is -2.13. The van der Waals surface area contributed by atoms with Crippen molar-refractivity contribution in [3.63, 3.8) is 0 Å². The maximum atomic E-state index is 11.4. The summed E-state index contributed by atoms with van der Waals surface area (Å²) in [6.07, 6.45) is 2.32. The van der Waals surface area contributed by atoms with E-state index in [1.807, 2.05) is 60.7 Å². The SMILES string of the molecule is O=C(S)CC(CCOCCOCCOCCC(CC(=O)S)c1ccccc1)c1ccccc1. The Kier molecular flexibility index (Phi) is 14.1. The first-order valence-electron chi connectivity index (χ1n) is 11.3. The largest absolute Gasteiger partial charge is 0.379 e. The number of hydrogen-bond acceptors (Lipinski definition) is 5. The Morgan fingerprint density at radius 3 is 1.24 bits per heavy atom. The van der Waals surface area contributed by atoms with E-state index in [1.54, 1.807) is 0 Å². The highest BCUT2D eigenvalue weighted by molar-refractivity contribution is 7.96. The van der Waals surface area contributed by atoms with Crippen LogP contribution in [0.25, 0.3) is 0 Å². The average Bonchev–Trinajstić information content (AvgIpc) is 2.81. The molecule has 0 saturated carbocycles. The number of carbonyl (C=O) groups excluding carboxylic acids is 2. The third-order valence-corrected chi connectivity index (χ3v) is 5.71. The lowest BCUT2D eigenvalue weighted by Gasteiger charge is -2.16. The van der Waals surface area contributed by atoms with Gasteiger partial charge in [-0.25, -0.2) is 0 Å². The molecule has 0 saturated heterocycles. The summed E-state index contributed by atoms with van der Waals surface area (Å²) in [5.74, 6) is 0.228. The molecule has 0 fully saturated rings. The second kappa shape index (κ2) is 16.9. The molecule has 7 heteroatoms. The maximum Gasteiger partial charge on any atom is 0.186 e. The van der Waals surface area contributed by atoms with Gasteiger partial charge in [0.15, 0.2) is 10.2 Å². The molecule has 33 heavy (non-hydrogen) atoms. The lowest BCUT2D eigenvalue weighted by atomic mass is 9.93. The van der Waals surface area contributed by atoms with Gasteiger partial charge < -0.3 is 14.2 Å². The fraction of sp³-hybridized carbons (Fsp3) is 0.462. The van der Waals surface area contributed by atoms with Gasteiger partial charge in [0.05, 0.1) is 26.4 Å². The highest BCUT2D eigenvalue weighted by Crippen LogP contribution is 2.25. The number of rotatable bonds is 18. The zero-order valence-corrected chi connectivity index (χ0v) is 20.7. The van der Waals surface area contributed by atoms with Gasteiger partial charge >= 0.3 is 0 Å². The minimum atomic E-state index is -0.112. The first-order chi connectivity index (χ1) is 16.1. The summed E-state index contributed by atoms with van der Waals surface area (Å²) < 4.78 is 16.9. The predicted molar refractivity (Wildman–Crippen MR) is 137 cm³/mol. The molecule has 0 aliphatic rings. The molecule has 0 bridgehead atoms. The topological polar surface area (TPSA) is 61.8 Å². The fourth-order valence-electron chi connectivity index (χ4n) is 3.64. The van der Waals surface area contributed by atoms with Crippen LogP contribution in [0.4, 0.5) is 0 Å². The number of ether oxygens (including phenoxy) is 3. The first-order valence-corrected chi connectivity index (χ1v) is 12.2. The summed E-state index contributed by atoms with van der Waals surface area (Å²) in [5, 5.41) is -0.223. The molecule has 2 rings (SSSR count). The maximum absolute atomic E-state index is 11.4. The van der Waals surface area contributed by atoms with E-state index in [4.69, 9.17) is 14.2 Å². The van der Waals surface area contributed by atoms with E-state index < -0.39 is 0 Å². The second-order valence-corrected chi connectivity index (χ2v) is 8.82. The van der Waals surface area contributed by atoms with Crippen LogP contribution in [-0.2, 0) is 23.8 Å². The van der Waals surface area contributed by atoms with Crippen LogP contribution in [0.3, 0.4) is 0 Å². The Bertz CT molecular complexity index is 733. The van der Waals surface area contributed by atoms with Gasteiger partial charge in [-0.15, -0.1) is 25.3 Å². The van der Waals surface area contributed by atoms with Gasteiger partial charge in [0, 0.05) is 26.1 Å². The van der Waals surface area contributed by atoms with E-state index in [-0.39, 0.29) is 22.1 Å². The molecule has 0 heterocycles. The predicted octanol–water partition coefficient (Wildman–Crippen LogP) is 5.08. The minimum Gasteiger partial charge on any atom is -0.379 e. The number of benzene rings is 2. The number of hydrogen-bond donors (Lipinski definition) is 2. The molecule has 2 aromatic carbocycles. The summed E-state index contributed by atoms with van der Waals surface area (Å²) in [6, 6.07) is 20.0. The van der Waals surface area contributed by atoms with Crippen LogP contribution >= 0.6 is 25.3 Å². The summed E-state index contributed by atoms with van der Waals surface area (Å²) in [5.41, 5.74) is 2.26. The molecular formula is C26H34O5S2. The highest BCUT2D eigenvalue weighted by atomic mass is 32.1. The molecule has 0 aliphatic carbocycles. The molecule has 0 aliphatic heterocycles. The first kappa shape index (κ1) is 27.6. The number of carbonyl (C=O) groups is 2. The van der Waals surface area contributed by atoms with E-state index in [0.29, 0.717) is 52.5 Å². The van der Waals surface area contributed by atoms with Crippen LogP contribution < -0.4 is 0 Å². The molecule has 0 spiro atoms. The second-order valence-electron chi connectivity index (χ2n) is 7.83. The van der Waals surface area contributed by atoms with Gasteiger partial charge in [-0.1, -0.05) is 60.7 Å². The van der Waals surface area contributed by atoms with E-state index in [0.717, 1.165) is 24.0 Å². The van der Waals surface area contributed by atoms with Gasteiger partial charge in [0.2, 0.25) is 0 Å². The molecule has 0 radical (unpaired) electrons. The van der Waals surface area contributed by atoms with Crippen molar-refractivity contribution >= 4 is 35.5 Å². The van der Waals surface area contributed by atoms with Gasteiger partial charge in [0.25, 0.3) is 0 Å². The summed E-state index contributed by atoms with van der Waals surface area (Å²) in [6.45, 7) is 3.10. The zero-order chi connectivity index (χ0) is 23.7. The Hall–Kier alpha value is -1.64. The van der Waals surface area contributed by atoms with Crippen molar-refractivity contribution < 1.29 is 23.8 Å².